The van der Waals surface area contributed by atoms with Crippen LogP contribution in [-0.2, 0) is 20.2 Å². The second kappa shape index (κ2) is 9.35. The van der Waals surface area contributed by atoms with Crippen LogP contribution < -0.4 is 4.90 Å². The van der Waals surface area contributed by atoms with Crippen molar-refractivity contribution in [1.29, 1.82) is 0 Å². The fourth-order valence-corrected chi connectivity index (χ4v) is 5.42. The van der Waals surface area contributed by atoms with Gasteiger partial charge in [-0.2, -0.15) is 0 Å². The van der Waals surface area contributed by atoms with Crippen molar-refractivity contribution in [3.63, 3.8) is 0 Å². The van der Waals surface area contributed by atoms with E-state index >= 15 is 0 Å². The highest BCUT2D eigenvalue weighted by Gasteiger charge is 2.35. The monoisotopic (exact) mass is 474 g/mol. The summed E-state index contributed by atoms with van der Waals surface area (Å²) in [5.41, 5.74) is 0.0173. The summed E-state index contributed by atoms with van der Waals surface area (Å²) in [7, 11) is -3.58. The number of amides is 1. The summed E-state index contributed by atoms with van der Waals surface area (Å²) in [4.78, 5) is 16.6. The van der Waals surface area contributed by atoms with Crippen LogP contribution in [0.25, 0.3) is 0 Å². The van der Waals surface area contributed by atoms with Crippen molar-refractivity contribution in [2.45, 2.75) is 56.8 Å². The first-order valence-corrected chi connectivity index (χ1v) is 12.8. The molecular weight excluding hydrogens is 440 g/mol. The Kier molecular flexibility index (Phi) is 7.10. The van der Waals surface area contributed by atoms with E-state index in [0.717, 1.165) is 11.3 Å². The number of ether oxygens (including phenoxy) is 1. The van der Waals surface area contributed by atoms with Crippen LogP contribution in [0, 0.1) is 0 Å². The van der Waals surface area contributed by atoms with E-state index in [1.165, 1.54) is 0 Å². The van der Waals surface area contributed by atoms with Crippen LogP contribution in [0.4, 0.5) is 10.5 Å². The molecule has 180 valence electrons. The highest BCUT2D eigenvalue weighted by atomic mass is 32.2. The lowest BCUT2D eigenvalue weighted by molar-refractivity contribution is 0.0219. The Morgan fingerprint density at radius 3 is 2.15 bits per heavy atom. The quantitative estimate of drug-likeness (QED) is 0.709. The molecular formula is C25H34N2O5S. The fraction of sp³-hybridized carbons (Fsp3) is 0.480. The molecule has 0 unspecified atom stereocenters. The molecule has 2 aromatic rings. The molecule has 0 radical (unpaired) electrons. The highest BCUT2D eigenvalue weighted by molar-refractivity contribution is 7.91. The number of nitrogens with zero attached hydrogens (tertiary/aromatic N) is 2. The molecule has 2 aromatic carbocycles. The van der Waals surface area contributed by atoms with Crippen LogP contribution in [0.1, 0.15) is 40.2 Å². The molecule has 0 aromatic heterocycles. The normalized spacial score (nSPS) is 17.7. The molecule has 3 rings (SSSR count). The van der Waals surface area contributed by atoms with E-state index in [1.807, 2.05) is 49.9 Å². The first-order chi connectivity index (χ1) is 15.3. The molecule has 1 aliphatic heterocycles. The number of anilines is 1. The molecule has 1 fully saturated rings. The molecule has 1 amide bonds. The van der Waals surface area contributed by atoms with E-state index in [-0.39, 0.29) is 17.2 Å². The number of sulfone groups is 1. The maximum Gasteiger partial charge on any atom is 0.410 e. The zero-order valence-corrected chi connectivity index (χ0v) is 20.8. The van der Waals surface area contributed by atoms with E-state index in [9.17, 15) is 18.3 Å². The SMILES string of the molecule is CC(C)(C)OC(=O)N1CCN(c2ccc(C(C)(C)O)cc2)[C@@H](CS(=O)(=O)c2ccccc2)C1. The maximum atomic E-state index is 13.2. The third-order valence-corrected chi connectivity index (χ3v) is 7.37. The summed E-state index contributed by atoms with van der Waals surface area (Å²) in [6.45, 7) is 9.98. The van der Waals surface area contributed by atoms with Gasteiger partial charge in [0.05, 0.1) is 22.3 Å². The lowest BCUT2D eigenvalue weighted by Gasteiger charge is -2.43. The predicted octanol–water partition coefficient (Wildman–Crippen LogP) is 3.81. The number of rotatable bonds is 5. The van der Waals surface area contributed by atoms with Gasteiger partial charge in [0.1, 0.15) is 5.60 Å². The van der Waals surface area contributed by atoms with Crippen LogP contribution in [0.2, 0.25) is 0 Å². The van der Waals surface area contributed by atoms with Crippen molar-refractivity contribution in [2.24, 2.45) is 0 Å². The molecule has 1 atom stereocenters. The maximum absolute atomic E-state index is 13.2. The second-order valence-corrected chi connectivity index (χ2v) is 12.0. The molecule has 7 nitrogen and oxygen atoms in total. The number of hydrogen-bond donors (Lipinski definition) is 1. The summed E-state index contributed by atoms with van der Waals surface area (Å²) in [6.07, 6.45) is -0.443. The molecule has 1 saturated heterocycles. The lowest BCUT2D eigenvalue weighted by Crippen LogP contribution is -2.57. The standard InChI is InChI=1S/C25H34N2O5S/c1-24(2,3)32-23(28)26-15-16-27(20-13-11-19(12-14-20)25(4,5)29)21(17-26)18-33(30,31)22-9-7-6-8-10-22/h6-14,21,29H,15-18H2,1-5H3/t21-/m1/s1. The van der Waals surface area contributed by atoms with Gasteiger partial charge in [-0.05, 0) is 64.4 Å². The van der Waals surface area contributed by atoms with Gasteiger partial charge in [0.15, 0.2) is 9.84 Å². The van der Waals surface area contributed by atoms with E-state index in [2.05, 4.69) is 0 Å². The van der Waals surface area contributed by atoms with Crippen LogP contribution >= 0.6 is 0 Å². The van der Waals surface area contributed by atoms with Crippen molar-refractivity contribution in [3.05, 3.63) is 60.2 Å². The van der Waals surface area contributed by atoms with Crippen LogP contribution in [0.5, 0.6) is 0 Å². The van der Waals surface area contributed by atoms with Crippen molar-refractivity contribution >= 4 is 21.6 Å². The molecule has 0 spiro atoms. The van der Waals surface area contributed by atoms with Gasteiger partial charge in [0, 0.05) is 25.3 Å². The lowest BCUT2D eigenvalue weighted by atomic mass is 9.98. The first kappa shape index (κ1) is 25.1. The number of hydrogen-bond acceptors (Lipinski definition) is 6. The molecule has 0 saturated carbocycles. The molecule has 0 bridgehead atoms. The second-order valence-electron chi connectivity index (χ2n) is 9.97. The van der Waals surface area contributed by atoms with Crippen molar-refractivity contribution in [2.75, 3.05) is 30.3 Å². The Bertz CT molecular complexity index is 1050. The number of carbonyl (C=O) groups is 1. The third-order valence-electron chi connectivity index (χ3n) is 5.55. The molecule has 1 N–H and O–H groups in total. The summed E-state index contributed by atoms with van der Waals surface area (Å²) < 4.78 is 31.9. The topological polar surface area (TPSA) is 87.2 Å². The minimum absolute atomic E-state index is 0.135. The number of carbonyl (C=O) groups excluding carboxylic acids is 1. The zero-order valence-electron chi connectivity index (χ0n) is 20.0. The average molecular weight is 475 g/mol. The molecule has 0 aliphatic carbocycles. The van der Waals surface area contributed by atoms with Crippen molar-refractivity contribution in [3.8, 4) is 0 Å². The van der Waals surface area contributed by atoms with Gasteiger partial charge in [0.2, 0.25) is 0 Å². The Morgan fingerprint density at radius 2 is 1.61 bits per heavy atom. The fourth-order valence-electron chi connectivity index (χ4n) is 3.87. The van der Waals surface area contributed by atoms with Gasteiger partial charge in [-0.1, -0.05) is 30.3 Å². The summed E-state index contributed by atoms with van der Waals surface area (Å²) in [6, 6.07) is 15.4. The summed E-state index contributed by atoms with van der Waals surface area (Å²) >= 11 is 0. The largest absolute Gasteiger partial charge is 0.444 e. The Balaban J connectivity index is 1.89. The van der Waals surface area contributed by atoms with Gasteiger partial charge in [-0.25, -0.2) is 13.2 Å². The summed E-state index contributed by atoms with van der Waals surface area (Å²) in [5, 5.41) is 10.3. The van der Waals surface area contributed by atoms with Gasteiger partial charge in [0.25, 0.3) is 0 Å². The van der Waals surface area contributed by atoms with Gasteiger partial charge in [-0.15, -0.1) is 0 Å². The Labute approximate surface area is 196 Å². The van der Waals surface area contributed by atoms with Gasteiger partial charge in [-0.3, -0.25) is 0 Å². The van der Waals surface area contributed by atoms with E-state index < -0.39 is 33.2 Å². The zero-order chi connectivity index (χ0) is 24.4. The van der Waals surface area contributed by atoms with Crippen molar-refractivity contribution < 1.29 is 23.1 Å². The number of aliphatic hydroxyl groups is 1. The van der Waals surface area contributed by atoms with E-state index in [0.29, 0.717) is 13.1 Å². The third kappa shape index (κ3) is 6.48. The van der Waals surface area contributed by atoms with Crippen molar-refractivity contribution in [1.82, 2.24) is 4.90 Å². The minimum Gasteiger partial charge on any atom is -0.444 e. The average Bonchev–Trinajstić information content (AvgIpc) is 2.72. The first-order valence-electron chi connectivity index (χ1n) is 11.1. The van der Waals surface area contributed by atoms with E-state index in [1.54, 1.807) is 49.1 Å². The molecule has 1 heterocycles. The Hall–Kier alpha value is -2.58. The highest BCUT2D eigenvalue weighted by Crippen LogP contribution is 2.27. The van der Waals surface area contributed by atoms with Crippen LogP contribution in [-0.4, -0.2) is 61.5 Å². The molecule has 1 aliphatic rings. The molecule has 33 heavy (non-hydrogen) atoms. The smallest absolute Gasteiger partial charge is 0.410 e. The van der Waals surface area contributed by atoms with Gasteiger partial charge >= 0.3 is 6.09 Å². The van der Waals surface area contributed by atoms with E-state index in [4.69, 9.17) is 4.74 Å². The van der Waals surface area contributed by atoms with Crippen LogP contribution in [0.15, 0.2) is 59.5 Å². The number of piperazine rings is 1. The Morgan fingerprint density at radius 1 is 1.00 bits per heavy atom. The summed E-state index contributed by atoms with van der Waals surface area (Å²) in [5.74, 6) is -0.135. The van der Waals surface area contributed by atoms with Gasteiger partial charge < -0.3 is 19.6 Å². The molecule has 8 heteroatoms. The minimum atomic E-state index is -3.58. The number of benzene rings is 2. The predicted molar refractivity (Wildman–Crippen MR) is 129 cm³/mol. The van der Waals surface area contributed by atoms with Crippen LogP contribution in [0.3, 0.4) is 0 Å².